The molecule has 354 valence electrons. The van der Waals surface area contributed by atoms with E-state index in [1.807, 2.05) is 0 Å². The monoisotopic (exact) mass is 863 g/mol. The Morgan fingerprint density at radius 3 is 1.46 bits per heavy atom. The summed E-state index contributed by atoms with van der Waals surface area (Å²) < 4.78 is 22.2. The molecule has 61 heavy (non-hydrogen) atoms. The van der Waals surface area contributed by atoms with E-state index < -0.39 is 49.4 Å². The largest absolute Gasteiger partial charge is 0.462 e. The van der Waals surface area contributed by atoms with Crippen LogP contribution in [0.1, 0.15) is 206 Å². The standard InChI is InChI=1S/C51H90O10/c1-3-5-7-9-11-13-15-17-19-21-22-24-26-28-30-32-34-36-38-40-47(54)60-44(43-59-51-50(57)49(56)48(55)45(41-52)61-51)42-58-46(53)39-37-35-33-31-29-27-25-23-20-18-16-14-12-10-8-6-4-2/h5,7,11,13,17,19,22,24,44-45,48-52,55-57H,3-4,6,8-10,12,14-16,18,20-21,23,25-43H2,1-2H3/b7-5-,13-11-,19-17-,24-22-. The number of aliphatic hydroxyl groups excluding tert-OH is 4. The predicted molar refractivity (Wildman–Crippen MR) is 247 cm³/mol. The van der Waals surface area contributed by atoms with Crippen molar-refractivity contribution >= 4 is 11.9 Å². The van der Waals surface area contributed by atoms with Crippen LogP contribution in [0, 0.1) is 0 Å². The average Bonchev–Trinajstić information content (AvgIpc) is 3.26. The number of unbranched alkanes of at least 4 members (excludes halogenated alkanes) is 22. The van der Waals surface area contributed by atoms with Gasteiger partial charge in [0.15, 0.2) is 12.4 Å². The molecule has 0 aromatic carbocycles. The Bertz CT molecular complexity index is 1130. The molecule has 10 nitrogen and oxygen atoms in total. The number of ether oxygens (including phenoxy) is 4. The van der Waals surface area contributed by atoms with E-state index in [1.54, 1.807) is 0 Å². The summed E-state index contributed by atoms with van der Waals surface area (Å²) in [6.45, 7) is 3.32. The first kappa shape index (κ1) is 56.7. The molecule has 1 heterocycles. The van der Waals surface area contributed by atoms with Crippen molar-refractivity contribution in [1.29, 1.82) is 0 Å². The van der Waals surface area contributed by atoms with Crippen LogP contribution < -0.4 is 0 Å². The average molecular weight is 863 g/mol. The highest BCUT2D eigenvalue weighted by Crippen LogP contribution is 2.23. The number of hydrogen-bond acceptors (Lipinski definition) is 10. The van der Waals surface area contributed by atoms with Gasteiger partial charge in [0.05, 0.1) is 13.2 Å². The highest BCUT2D eigenvalue weighted by molar-refractivity contribution is 5.70. The van der Waals surface area contributed by atoms with Crippen LogP contribution in [-0.2, 0) is 28.5 Å². The van der Waals surface area contributed by atoms with Crippen molar-refractivity contribution in [3.63, 3.8) is 0 Å². The van der Waals surface area contributed by atoms with Crippen LogP contribution in [0.25, 0.3) is 0 Å². The lowest BCUT2D eigenvalue weighted by Crippen LogP contribution is -2.59. The molecule has 4 N–H and O–H groups in total. The van der Waals surface area contributed by atoms with E-state index in [9.17, 15) is 30.0 Å². The van der Waals surface area contributed by atoms with Gasteiger partial charge in [0.25, 0.3) is 0 Å². The third-order valence-corrected chi connectivity index (χ3v) is 11.2. The second kappa shape index (κ2) is 41.7. The summed E-state index contributed by atoms with van der Waals surface area (Å²) in [5, 5.41) is 40.2. The van der Waals surface area contributed by atoms with Crippen LogP contribution in [0.4, 0.5) is 0 Å². The van der Waals surface area contributed by atoms with Crippen LogP contribution in [0.15, 0.2) is 48.6 Å². The van der Waals surface area contributed by atoms with E-state index >= 15 is 0 Å². The second-order valence-electron chi connectivity index (χ2n) is 16.9. The topological polar surface area (TPSA) is 152 Å². The molecule has 10 heteroatoms. The van der Waals surface area contributed by atoms with Gasteiger partial charge in [-0.05, 0) is 51.4 Å². The third kappa shape index (κ3) is 32.9. The van der Waals surface area contributed by atoms with Gasteiger partial charge in [-0.1, -0.05) is 191 Å². The van der Waals surface area contributed by atoms with Gasteiger partial charge in [-0.25, -0.2) is 0 Å². The number of rotatable bonds is 41. The van der Waals surface area contributed by atoms with Gasteiger partial charge in [-0.2, -0.15) is 0 Å². The Balaban J connectivity index is 2.29. The lowest BCUT2D eigenvalue weighted by atomic mass is 9.99. The zero-order valence-electron chi connectivity index (χ0n) is 38.7. The molecule has 6 atom stereocenters. The molecule has 0 saturated carbocycles. The smallest absolute Gasteiger partial charge is 0.306 e. The van der Waals surface area contributed by atoms with Gasteiger partial charge in [0, 0.05) is 12.8 Å². The minimum atomic E-state index is -1.60. The van der Waals surface area contributed by atoms with Crippen molar-refractivity contribution < 1.29 is 49.0 Å². The van der Waals surface area contributed by atoms with E-state index in [-0.39, 0.29) is 32.0 Å². The summed E-state index contributed by atoms with van der Waals surface area (Å²) in [6, 6.07) is 0. The summed E-state index contributed by atoms with van der Waals surface area (Å²) in [7, 11) is 0. The van der Waals surface area contributed by atoms with Gasteiger partial charge >= 0.3 is 11.9 Å². The minimum Gasteiger partial charge on any atom is -0.462 e. The van der Waals surface area contributed by atoms with Crippen LogP contribution in [0.2, 0.25) is 0 Å². The van der Waals surface area contributed by atoms with Crippen molar-refractivity contribution in [3.05, 3.63) is 48.6 Å². The van der Waals surface area contributed by atoms with E-state index in [0.717, 1.165) is 83.5 Å². The Morgan fingerprint density at radius 2 is 0.967 bits per heavy atom. The van der Waals surface area contributed by atoms with Crippen molar-refractivity contribution in [2.24, 2.45) is 0 Å². The zero-order valence-corrected chi connectivity index (χ0v) is 38.7. The van der Waals surface area contributed by atoms with E-state index in [4.69, 9.17) is 18.9 Å². The lowest BCUT2D eigenvalue weighted by molar-refractivity contribution is -0.305. The quantitative estimate of drug-likeness (QED) is 0.0265. The number of esters is 2. The maximum absolute atomic E-state index is 12.8. The fourth-order valence-electron chi connectivity index (χ4n) is 7.36. The third-order valence-electron chi connectivity index (χ3n) is 11.2. The summed E-state index contributed by atoms with van der Waals surface area (Å²) in [6.07, 6.45) is 42.5. The number of allylic oxidation sites excluding steroid dienone is 8. The summed E-state index contributed by atoms with van der Waals surface area (Å²) in [5.74, 6) is -0.817. The predicted octanol–water partition coefficient (Wildman–Crippen LogP) is 11.2. The molecular weight excluding hydrogens is 773 g/mol. The van der Waals surface area contributed by atoms with E-state index in [0.29, 0.717) is 6.42 Å². The van der Waals surface area contributed by atoms with Crippen LogP contribution in [0.5, 0.6) is 0 Å². The molecule has 0 amide bonds. The Kier molecular flexibility index (Phi) is 38.7. The molecule has 0 aromatic rings. The molecular formula is C51H90O10. The van der Waals surface area contributed by atoms with E-state index in [2.05, 4.69) is 62.5 Å². The fraction of sp³-hybridized carbons (Fsp3) is 0.804. The molecule has 0 aromatic heterocycles. The van der Waals surface area contributed by atoms with Gasteiger partial charge in [0.1, 0.15) is 31.0 Å². The number of hydrogen-bond donors (Lipinski definition) is 4. The number of carbonyl (C=O) groups excluding carboxylic acids is 2. The van der Waals surface area contributed by atoms with Gasteiger partial charge in [-0.3, -0.25) is 9.59 Å². The van der Waals surface area contributed by atoms with Crippen LogP contribution in [-0.4, -0.2) is 89.0 Å². The fourth-order valence-corrected chi connectivity index (χ4v) is 7.36. The highest BCUT2D eigenvalue weighted by Gasteiger charge is 2.44. The minimum absolute atomic E-state index is 0.214. The van der Waals surface area contributed by atoms with Gasteiger partial charge in [-0.15, -0.1) is 0 Å². The second-order valence-corrected chi connectivity index (χ2v) is 16.9. The Morgan fingerprint density at radius 1 is 0.525 bits per heavy atom. The summed E-state index contributed by atoms with van der Waals surface area (Å²) in [5.41, 5.74) is 0. The molecule has 1 aliphatic rings. The molecule has 1 fully saturated rings. The molecule has 0 bridgehead atoms. The first-order valence-corrected chi connectivity index (χ1v) is 24.7. The molecule has 1 aliphatic heterocycles. The highest BCUT2D eigenvalue weighted by atomic mass is 16.7. The van der Waals surface area contributed by atoms with Crippen LogP contribution >= 0.6 is 0 Å². The number of carbonyl (C=O) groups is 2. The molecule has 6 unspecified atom stereocenters. The summed E-state index contributed by atoms with van der Waals surface area (Å²) >= 11 is 0. The first-order valence-electron chi connectivity index (χ1n) is 24.7. The van der Waals surface area contributed by atoms with Gasteiger partial charge in [0.2, 0.25) is 0 Å². The van der Waals surface area contributed by atoms with Crippen LogP contribution in [0.3, 0.4) is 0 Å². The van der Waals surface area contributed by atoms with Crippen molar-refractivity contribution in [3.8, 4) is 0 Å². The maximum Gasteiger partial charge on any atom is 0.306 e. The summed E-state index contributed by atoms with van der Waals surface area (Å²) in [4.78, 5) is 25.4. The first-order chi connectivity index (χ1) is 29.8. The zero-order chi connectivity index (χ0) is 44.4. The lowest BCUT2D eigenvalue weighted by Gasteiger charge is -2.39. The van der Waals surface area contributed by atoms with Crippen molar-refractivity contribution in [2.75, 3.05) is 19.8 Å². The van der Waals surface area contributed by atoms with Gasteiger partial charge < -0.3 is 39.4 Å². The maximum atomic E-state index is 12.8. The molecule has 0 spiro atoms. The molecule has 1 rings (SSSR count). The Hall–Kier alpha value is -2.34. The van der Waals surface area contributed by atoms with Crippen molar-refractivity contribution in [2.45, 2.75) is 243 Å². The molecule has 0 aliphatic carbocycles. The Labute approximate surface area is 371 Å². The SMILES string of the molecule is CC/C=C\C/C=C\C/C=C\C/C=C\CCCCCCCCC(=O)OC(COC(=O)CCCCCCCCCCCCCCCCCCC)COC1OC(CO)C(O)C(O)C1O. The normalized spacial score (nSPS) is 20.1. The molecule has 1 saturated heterocycles. The molecule has 0 radical (unpaired) electrons. The number of aliphatic hydroxyl groups is 4. The van der Waals surface area contributed by atoms with E-state index in [1.165, 1.54) is 89.9 Å². The van der Waals surface area contributed by atoms with Crippen molar-refractivity contribution in [1.82, 2.24) is 0 Å².